The lowest BCUT2D eigenvalue weighted by Crippen LogP contribution is -2.46. The van der Waals surface area contributed by atoms with E-state index < -0.39 is 19.0 Å². The number of rotatable bonds is 8. The van der Waals surface area contributed by atoms with E-state index in [2.05, 4.69) is 11.9 Å². The van der Waals surface area contributed by atoms with Gasteiger partial charge in [0.2, 0.25) is 11.8 Å². The number of anilines is 1. The Kier molecular flexibility index (Phi) is 8.09. The van der Waals surface area contributed by atoms with Crippen LogP contribution in [0.15, 0.2) is 90.1 Å². The van der Waals surface area contributed by atoms with Crippen molar-refractivity contribution in [3.8, 4) is 5.75 Å². The first-order valence-electron chi connectivity index (χ1n) is 14.8. The molecule has 214 valence electrons. The van der Waals surface area contributed by atoms with Crippen molar-refractivity contribution >= 4 is 36.3 Å². The number of fused-ring (bicyclic) bond motifs is 3. The van der Waals surface area contributed by atoms with Gasteiger partial charge in [0.25, 0.3) is 0 Å². The molecule has 6 rings (SSSR count). The van der Waals surface area contributed by atoms with Gasteiger partial charge in [-0.05, 0) is 97.1 Å². The fourth-order valence-corrected chi connectivity index (χ4v) is 7.06. The van der Waals surface area contributed by atoms with E-state index in [0.29, 0.717) is 31.3 Å². The Balaban J connectivity index is 1.33. The molecular weight excluding hydrogens is 527 g/mol. The van der Waals surface area contributed by atoms with E-state index in [0.717, 1.165) is 35.2 Å². The van der Waals surface area contributed by atoms with Gasteiger partial charge in [-0.1, -0.05) is 55.3 Å². The number of para-hydroxylation sites is 1. The van der Waals surface area contributed by atoms with Gasteiger partial charge < -0.3 is 14.8 Å². The average molecular weight is 562 g/mol. The van der Waals surface area contributed by atoms with Crippen LogP contribution in [0.4, 0.5) is 5.69 Å². The van der Waals surface area contributed by atoms with Crippen molar-refractivity contribution in [2.24, 2.45) is 17.8 Å². The zero-order valence-corrected chi connectivity index (χ0v) is 23.7. The molecule has 7 nitrogen and oxygen atoms in total. The van der Waals surface area contributed by atoms with Crippen molar-refractivity contribution in [3.05, 3.63) is 101 Å². The molecule has 3 aliphatic rings. The number of nitrogens with zero attached hydrogens (tertiary/aromatic N) is 2. The molecule has 0 spiro atoms. The lowest BCUT2D eigenvalue weighted by Gasteiger charge is -2.43. The van der Waals surface area contributed by atoms with Crippen LogP contribution in [-0.2, 0) is 14.2 Å². The number of aromatic nitrogens is 1. The number of benzene rings is 2. The summed E-state index contributed by atoms with van der Waals surface area (Å²) in [7, 11) is -1.02. The van der Waals surface area contributed by atoms with E-state index >= 15 is 0 Å². The lowest BCUT2D eigenvalue weighted by atomic mass is 9.58. The Hall–Kier alpha value is -4.01. The summed E-state index contributed by atoms with van der Waals surface area (Å²) < 4.78 is 6.21. The number of imide groups is 1. The third-order valence-corrected chi connectivity index (χ3v) is 8.75. The number of aromatic hydroxyl groups is 1. The van der Waals surface area contributed by atoms with Crippen LogP contribution in [0.1, 0.15) is 50.3 Å². The molecule has 0 bridgehead atoms. The van der Waals surface area contributed by atoms with Crippen molar-refractivity contribution in [1.29, 1.82) is 0 Å². The number of phenolic OH excluding ortho intramolecular Hbond substituents is 1. The van der Waals surface area contributed by atoms with Gasteiger partial charge in [0.1, 0.15) is 5.75 Å². The normalized spacial score (nSPS) is 24.2. The highest BCUT2D eigenvalue weighted by Crippen LogP contribution is 2.52. The van der Waals surface area contributed by atoms with Gasteiger partial charge in [0, 0.05) is 6.20 Å². The SMILES string of the molecule is CCCC1=C2[C@@H](CC/C(=C/c3cccc(O)c3)c3ccccn3)OB(O)C[C@@H]2[C@@H]2C(=O)N(c3ccccc3)C(=O)[C@@H]2C1. The van der Waals surface area contributed by atoms with E-state index in [1.165, 1.54) is 10.5 Å². The van der Waals surface area contributed by atoms with Gasteiger partial charge in [-0.25, -0.2) is 0 Å². The topological polar surface area (TPSA) is 100.0 Å². The van der Waals surface area contributed by atoms with Crippen molar-refractivity contribution in [2.45, 2.75) is 51.5 Å². The van der Waals surface area contributed by atoms with Crippen molar-refractivity contribution in [2.75, 3.05) is 4.90 Å². The molecule has 2 N–H and O–H groups in total. The Labute approximate surface area is 246 Å². The third-order valence-electron chi connectivity index (χ3n) is 8.75. The molecule has 1 aliphatic carbocycles. The molecule has 2 fully saturated rings. The summed E-state index contributed by atoms with van der Waals surface area (Å²) in [6, 6.07) is 22.0. The number of hydrogen-bond acceptors (Lipinski definition) is 6. The maximum atomic E-state index is 13.9. The van der Waals surface area contributed by atoms with Crippen LogP contribution in [0.2, 0.25) is 6.32 Å². The Morgan fingerprint density at radius 2 is 1.86 bits per heavy atom. The maximum absolute atomic E-state index is 13.9. The lowest BCUT2D eigenvalue weighted by molar-refractivity contribution is -0.122. The molecule has 8 heteroatoms. The molecule has 1 aromatic heterocycles. The molecule has 0 unspecified atom stereocenters. The first kappa shape index (κ1) is 28.1. The summed E-state index contributed by atoms with van der Waals surface area (Å²) in [4.78, 5) is 33.5. The molecule has 3 aromatic rings. The molecule has 2 aliphatic heterocycles. The molecule has 2 saturated heterocycles. The summed E-state index contributed by atoms with van der Waals surface area (Å²) >= 11 is 0. The van der Waals surface area contributed by atoms with E-state index in [-0.39, 0.29) is 29.6 Å². The fraction of sp³-hybridized carbons (Fsp3) is 0.324. The minimum atomic E-state index is -1.02. The first-order chi connectivity index (χ1) is 20.4. The van der Waals surface area contributed by atoms with Crippen LogP contribution < -0.4 is 4.90 Å². The average Bonchev–Trinajstić information content (AvgIpc) is 3.25. The maximum Gasteiger partial charge on any atom is 0.455 e. The largest absolute Gasteiger partial charge is 0.508 e. The van der Waals surface area contributed by atoms with E-state index in [9.17, 15) is 19.7 Å². The summed E-state index contributed by atoms with van der Waals surface area (Å²) in [6.07, 6.45) is 7.17. The van der Waals surface area contributed by atoms with Gasteiger partial charge in [0.05, 0.1) is 29.3 Å². The quantitative estimate of drug-likeness (QED) is 0.201. The Morgan fingerprint density at radius 3 is 2.60 bits per heavy atom. The molecule has 3 heterocycles. The van der Waals surface area contributed by atoms with Crippen LogP contribution in [-0.4, -0.2) is 40.2 Å². The van der Waals surface area contributed by atoms with Crippen LogP contribution in [0.3, 0.4) is 0 Å². The number of hydrogen-bond donors (Lipinski definition) is 2. The van der Waals surface area contributed by atoms with Gasteiger partial charge in [-0.2, -0.15) is 0 Å². The molecule has 42 heavy (non-hydrogen) atoms. The molecule has 4 atom stereocenters. The minimum absolute atomic E-state index is 0.145. The summed E-state index contributed by atoms with van der Waals surface area (Å²) in [5, 5.41) is 20.9. The number of pyridine rings is 1. The molecule has 2 aromatic carbocycles. The van der Waals surface area contributed by atoms with Gasteiger partial charge in [-0.3, -0.25) is 19.5 Å². The van der Waals surface area contributed by atoms with E-state index in [4.69, 9.17) is 4.65 Å². The second-order valence-electron chi connectivity index (χ2n) is 11.4. The number of carbonyl (C=O) groups excluding carboxylic acids is 2. The smallest absolute Gasteiger partial charge is 0.455 e. The molecule has 0 radical (unpaired) electrons. The standard InChI is InChI=1S/C34H35BN2O5/c1-2-9-24-20-27-32(34(40)37(33(27)39)25-11-4-3-5-12-25)28-21-35(41)42-30(31(24)28)16-15-23(29-14-6-7-17-36-29)18-22-10-8-13-26(38)19-22/h3-8,10-14,17-19,27-28,30,32,38,41H,2,9,15-16,20-21H2,1H3/b23-18-/t27-,28+,30-,32-/m1/s1. The van der Waals surface area contributed by atoms with Crippen LogP contribution in [0.25, 0.3) is 11.6 Å². The number of allylic oxidation sites excluding steroid dienone is 2. The van der Waals surface area contributed by atoms with Gasteiger partial charge in [0.15, 0.2) is 0 Å². The van der Waals surface area contributed by atoms with Crippen molar-refractivity contribution < 1.29 is 24.4 Å². The molecule has 0 saturated carbocycles. The van der Waals surface area contributed by atoms with Crippen LogP contribution in [0.5, 0.6) is 5.75 Å². The molecule has 2 amide bonds. The zero-order chi connectivity index (χ0) is 29.2. The van der Waals surface area contributed by atoms with E-state index in [1.807, 2.05) is 48.5 Å². The number of carbonyl (C=O) groups is 2. The summed E-state index contributed by atoms with van der Waals surface area (Å²) in [6.45, 7) is 2.12. The summed E-state index contributed by atoms with van der Waals surface area (Å²) in [5.74, 6) is -1.32. The predicted molar refractivity (Wildman–Crippen MR) is 163 cm³/mol. The highest BCUT2D eigenvalue weighted by atomic mass is 16.5. The highest BCUT2D eigenvalue weighted by Gasteiger charge is 2.57. The predicted octanol–water partition coefficient (Wildman–Crippen LogP) is 5.91. The van der Waals surface area contributed by atoms with Gasteiger partial charge >= 0.3 is 7.12 Å². The molecular formula is C34H35BN2O5. The zero-order valence-electron chi connectivity index (χ0n) is 23.7. The van der Waals surface area contributed by atoms with Crippen molar-refractivity contribution in [3.63, 3.8) is 0 Å². The Bertz CT molecular complexity index is 1520. The number of amides is 2. The van der Waals surface area contributed by atoms with Gasteiger partial charge in [-0.15, -0.1) is 0 Å². The minimum Gasteiger partial charge on any atom is -0.508 e. The monoisotopic (exact) mass is 562 g/mol. The summed E-state index contributed by atoms with van der Waals surface area (Å²) in [5.41, 5.74) is 5.55. The second kappa shape index (κ2) is 12.1. The third kappa shape index (κ3) is 5.44. The fourth-order valence-electron chi connectivity index (χ4n) is 7.06. The first-order valence-corrected chi connectivity index (χ1v) is 14.8. The number of phenols is 1. The highest BCUT2D eigenvalue weighted by molar-refractivity contribution is 6.43. The Morgan fingerprint density at radius 1 is 1.05 bits per heavy atom. The van der Waals surface area contributed by atoms with E-state index in [1.54, 1.807) is 36.5 Å². The van der Waals surface area contributed by atoms with Crippen LogP contribution in [0, 0.1) is 17.8 Å². The van der Waals surface area contributed by atoms with Crippen molar-refractivity contribution in [1.82, 2.24) is 4.98 Å². The van der Waals surface area contributed by atoms with Crippen LogP contribution >= 0.6 is 0 Å². The second-order valence-corrected chi connectivity index (χ2v) is 11.4.